The van der Waals surface area contributed by atoms with E-state index in [4.69, 9.17) is 17.3 Å². The van der Waals surface area contributed by atoms with Crippen molar-refractivity contribution in [3.63, 3.8) is 0 Å². The molecule has 0 aliphatic heterocycles. The van der Waals surface area contributed by atoms with Crippen LogP contribution in [-0.4, -0.2) is 11.1 Å². The summed E-state index contributed by atoms with van der Waals surface area (Å²) in [4.78, 5) is 11.8. The van der Waals surface area contributed by atoms with Gasteiger partial charge in [0.25, 0.3) is 0 Å². The number of nitrogens with two attached hydrogens (primary N) is 1. The second-order valence-electron chi connectivity index (χ2n) is 3.69. The van der Waals surface area contributed by atoms with E-state index in [1.54, 1.807) is 4.57 Å². The van der Waals surface area contributed by atoms with Crippen LogP contribution in [0, 0.1) is 0 Å². The summed E-state index contributed by atoms with van der Waals surface area (Å²) in [5.74, 6) is 0. The Hall–Kier alpha value is -1.10. The van der Waals surface area contributed by atoms with E-state index in [0.29, 0.717) is 18.1 Å². The zero-order valence-electron chi connectivity index (χ0n) is 9.23. The molecule has 0 radical (unpaired) electrons. The van der Waals surface area contributed by atoms with Crippen LogP contribution in [-0.2, 0) is 6.54 Å². The van der Waals surface area contributed by atoms with Crippen molar-refractivity contribution in [1.29, 1.82) is 0 Å². The number of rotatable bonds is 4. The average molecular weight is 269 g/mol. The van der Waals surface area contributed by atoms with E-state index in [1.165, 1.54) is 11.3 Å². The molecule has 0 fully saturated rings. The highest BCUT2D eigenvalue weighted by Gasteiger charge is 2.08. The van der Waals surface area contributed by atoms with Crippen molar-refractivity contribution in [2.75, 3.05) is 6.54 Å². The second-order valence-corrected chi connectivity index (χ2v) is 4.94. The van der Waals surface area contributed by atoms with E-state index in [-0.39, 0.29) is 4.87 Å². The molecule has 0 aliphatic carbocycles. The Labute approximate surface area is 108 Å². The summed E-state index contributed by atoms with van der Waals surface area (Å²) in [5, 5.41) is 2.57. The molecule has 90 valence electrons. The fourth-order valence-electron chi connectivity index (χ4n) is 1.64. The summed E-state index contributed by atoms with van der Waals surface area (Å²) in [6.07, 6.45) is 0.803. The third-order valence-corrected chi connectivity index (χ3v) is 3.52. The van der Waals surface area contributed by atoms with Crippen LogP contribution in [0.5, 0.6) is 0 Å². The Bertz CT molecular complexity index is 544. The van der Waals surface area contributed by atoms with Gasteiger partial charge in [-0.3, -0.25) is 9.36 Å². The van der Waals surface area contributed by atoms with E-state index < -0.39 is 0 Å². The minimum Gasteiger partial charge on any atom is -0.330 e. The van der Waals surface area contributed by atoms with Crippen molar-refractivity contribution in [1.82, 2.24) is 4.57 Å². The van der Waals surface area contributed by atoms with Gasteiger partial charge in [0.1, 0.15) is 0 Å². The van der Waals surface area contributed by atoms with Gasteiger partial charge in [-0.05, 0) is 30.7 Å². The zero-order chi connectivity index (χ0) is 12.3. The number of halogens is 1. The van der Waals surface area contributed by atoms with Crippen LogP contribution in [0.25, 0.3) is 11.3 Å². The lowest BCUT2D eigenvalue weighted by atomic mass is 10.2. The second kappa shape index (κ2) is 5.49. The lowest BCUT2D eigenvalue weighted by Crippen LogP contribution is -2.16. The number of benzene rings is 1. The molecule has 0 spiro atoms. The molecular weight excluding hydrogens is 256 g/mol. The first-order valence-electron chi connectivity index (χ1n) is 5.36. The predicted octanol–water partition coefficient (Wildman–Crippen LogP) is 2.58. The van der Waals surface area contributed by atoms with Crippen LogP contribution < -0.4 is 10.6 Å². The fourth-order valence-corrected chi connectivity index (χ4v) is 2.56. The topological polar surface area (TPSA) is 48.0 Å². The van der Waals surface area contributed by atoms with Crippen molar-refractivity contribution in [3.05, 3.63) is 44.3 Å². The molecule has 1 heterocycles. The number of aromatic nitrogens is 1. The van der Waals surface area contributed by atoms with Gasteiger partial charge < -0.3 is 5.73 Å². The van der Waals surface area contributed by atoms with Gasteiger partial charge in [0.2, 0.25) is 0 Å². The number of nitrogens with zero attached hydrogens (tertiary/aromatic N) is 1. The molecule has 2 rings (SSSR count). The van der Waals surface area contributed by atoms with Gasteiger partial charge in [-0.1, -0.05) is 35.1 Å². The maximum Gasteiger partial charge on any atom is 0.307 e. The van der Waals surface area contributed by atoms with Gasteiger partial charge in [-0.2, -0.15) is 0 Å². The van der Waals surface area contributed by atoms with Gasteiger partial charge in [0, 0.05) is 16.9 Å². The molecule has 0 saturated heterocycles. The molecule has 0 unspecified atom stereocenters. The van der Waals surface area contributed by atoms with Gasteiger partial charge in [0.05, 0.1) is 5.69 Å². The molecule has 0 bridgehead atoms. The lowest BCUT2D eigenvalue weighted by molar-refractivity contribution is 0.648. The average Bonchev–Trinajstić information content (AvgIpc) is 2.69. The maximum absolute atomic E-state index is 11.7. The van der Waals surface area contributed by atoms with E-state index in [9.17, 15) is 4.79 Å². The molecule has 1 aromatic carbocycles. The first kappa shape index (κ1) is 12.4. The van der Waals surface area contributed by atoms with Crippen LogP contribution in [0.4, 0.5) is 0 Å². The minimum absolute atomic E-state index is 0.0587. The molecule has 0 saturated carbocycles. The van der Waals surface area contributed by atoms with Gasteiger partial charge >= 0.3 is 4.87 Å². The molecule has 1 aromatic heterocycles. The highest BCUT2D eigenvalue weighted by Crippen LogP contribution is 2.22. The molecule has 0 aliphatic rings. The monoisotopic (exact) mass is 268 g/mol. The quantitative estimate of drug-likeness (QED) is 0.927. The van der Waals surface area contributed by atoms with Gasteiger partial charge in [-0.15, -0.1) is 0 Å². The molecule has 17 heavy (non-hydrogen) atoms. The Morgan fingerprint density at radius 2 is 2.00 bits per heavy atom. The SMILES string of the molecule is NCCCn1c(-c2ccc(Cl)cc2)csc1=O. The normalized spacial score (nSPS) is 10.7. The summed E-state index contributed by atoms with van der Waals surface area (Å²) < 4.78 is 1.76. The van der Waals surface area contributed by atoms with Crippen LogP contribution >= 0.6 is 22.9 Å². The summed E-state index contributed by atoms with van der Waals surface area (Å²) in [6, 6.07) is 7.49. The van der Waals surface area contributed by atoms with E-state index in [2.05, 4.69) is 0 Å². The predicted molar refractivity (Wildman–Crippen MR) is 72.7 cm³/mol. The Kier molecular flexibility index (Phi) is 3.99. The van der Waals surface area contributed by atoms with Crippen molar-refractivity contribution < 1.29 is 0 Å². The van der Waals surface area contributed by atoms with E-state index >= 15 is 0 Å². The summed E-state index contributed by atoms with van der Waals surface area (Å²) in [6.45, 7) is 1.25. The summed E-state index contributed by atoms with van der Waals surface area (Å²) in [7, 11) is 0. The van der Waals surface area contributed by atoms with E-state index in [0.717, 1.165) is 17.7 Å². The summed E-state index contributed by atoms with van der Waals surface area (Å²) in [5.41, 5.74) is 7.41. The third kappa shape index (κ3) is 2.77. The highest BCUT2D eigenvalue weighted by molar-refractivity contribution is 7.07. The molecule has 0 amide bonds. The smallest absolute Gasteiger partial charge is 0.307 e. The standard InChI is InChI=1S/C12H13ClN2OS/c13-10-4-2-9(3-5-10)11-8-17-12(16)15(11)7-1-6-14/h2-5,8H,1,6-7,14H2. The first-order chi connectivity index (χ1) is 8.22. The van der Waals surface area contributed by atoms with Crippen molar-refractivity contribution in [3.8, 4) is 11.3 Å². The maximum atomic E-state index is 11.7. The third-order valence-electron chi connectivity index (χ3n) is 2.51. The van der Waals surface area contributed by atoms with Crippen molar-refractivity contribution >= 4 is 22.9 Å². The van der Waals surface area contributed by atoms with Gasteiger partial charge in [0.15, 0.2) is 0 Å². The first-order valence-corrected chi connectivity index (χ1v) is 6.62. The molecule has 2 aromatic rings. The molecule has 3 nitrogen and oxygen atoms in total. The van der Waals surface area contributed by atoms with Crippen molar-refractivity contribution in [2.45, 2.75) is 13.0 Å². The number of hydrogen-bond donors (Lipinski definition) is 1. The van der Waals surface area contributed by atoms with Crippen molar-refractivity contribution in [2.24, 2.45) is 5.73 Å². The number of hydrogen-bond acceptors (Lipinski definition) is 3. The Morgan fingerprint density at radius 1 is 1.29 bits per heavy atom. The van der Waals surface area contributed by atoms with Crippen LogP contribution in [0.3, 0.4) is 0 Å². The van der Waals surface area contributed by atoms with Crippen LogP contribution in [0.2, 0.25) is 5.02 Å². The van der Waals surface area contributed by atoms with E-state index in [1.807, 2.05) is 29.6 Å². The summed E-state index contributed by atoms with van der Waals surface area (Å²) >= 11 is 7.06. The molecular formula is C12H13ClN2OS. The molecule has 0 atom stereocenters. The molecule has 5 heteroatoms. The molecule has 2 N–H and O–H groups in total. The zero-order valence-corrected chi connectivity index (χ0v) is 10.8. The van der Waals surface area contributed by atoms with Gasteiger partial charge in [-0.25, -0.2) is 0 Å². The number of thiazole rings is 1. The van der Waals surface area contributed by atoms with Crippen LogP contribution in [0.1, 0.15) is 6.42 Å². The Morgan fingerprint density at radius 3 is 2.65 bits per heavy atom. The largest absolute Gasteiger partial charge is 0.330 e. The minimum atomic E-state index is 0.0587. The fraction of sp³-hybridized carbons (Fsp3) is 0.250. The Balaban J connectivity index is 2.38. The highest BCUT2D eigenvalue weighted by atomic mass is 35.5. The van der Waals surface area contributed by atoms with Crippen LogP contribution in [0.15, 0.2) is 34.4 Å². The lowest BCUT2D eigenvalue weighted by Gasteiger charge is -2.06.